The van der Waals surface area contributed by atoms with E-state index in [1.807, 2.05) is 12.3 Å². The molecule has 16 heavy (non-hydrogen) atoms. The molecule has 0 bridgehead atoms. The topological polar surface area (TPSA) is 70.6 Å². The Hall–Kier alpha value is -1.56. The Morgan fingerprint density at radius 3 is 2.94 bits per heavy atom. The van der Waals surface area contributed by atoms with Crippen LogP contribution in [-0.4, -0.2) is 29.8 Å². The lowest BCUT2D eigenvalue weighted by Gasteiger charge is -2.12. The van der Waals surface area contributed by atoms with E-state index >= 15 is 0 Å². The third kappa shape index (κ3) is 4.31. The van der Waals surface area contributed by atoms with Crippen molar-refractivity contribution >= 4 is 23.5 Å². The third-order valence-electron chi connectivity index (χ3n) is 1.74. The van der Waals surface area contributed by atoms with Crippen LogP contribution in [0.2, 0.25) is 0 Å². The van der Waals surface area contributed by atoms with Crippen molar-refractivity contribution in [2.24, 2.45) is 0 Å². The van der Waals surface area contributed by atoms with E-state index in [-0.39, 0.29) is 0 Å². The van der Waals surface area contributed by atoms with Crippen LogP contribution in [0, 0.1) is 0 Å². The Balaban J connectivity index is 2.56. The van der Waals surface area contributed by atoms with Crippen molar-refractivity contribution in [1.82, 2.24) is 5.43 Å². The SMILES string of the molecule is CSCCOc1ccccc1NNC(=O)O. The van der Waals surface area contributed by atoms with E-state index in [1.54, 1.807) is 30.0 Å². The van der Waals surface area contributed by atoms with Crippen LogP contribution in [0.25, 0.3) is 0 Å². The molecule has 0 heterocycles. The van der Waals surface area contributed by atoms with Crippen molar-refractivity contribution in [3.8, 4) is 5.75 Å². The van der Waals surface area contributed by atoms with Crippen molar-refractivity contribution in [1.29, 1.82) is 0 Å². The van der Waals surface area contributed by atoms with Gasteiger partial charge >= 0.3 is 6.09 Å². The van der Waals surface area contributed by atoms with Crippen LogP contribution in [0.3, 0.4) is 0 Å². The highest BCUT2D eigenvalue weighted by molar-refractivity contribution is 7.98. The average Bonchev–Trinajstić information content (AvgIpc) is 2.28. The van der Waals surface area contributed by atoms with Crippen LogP contribution in [-0.2, 0) is 0 Å². The van der Waals surface area contributed by atoms with Gasteiger partial charge in [0.1, 0.15) is 5.75 Å². The summed E-state index contributed by atoms with van der Waals surface area (Å²) in [6.07, 6.45) is 0.860. The number of amides is 1. The molecule has 5 nitrogen and oxygen atoms in total. The highest BCUT2D eigenvalue weighted by atomic mass is 32.2. The van der Waals surface area contributed by atoms with Gasteiger partial charge in [-0.3, -0.25) is 5.43 Å². The largest absolute Gasteiger partial charge is 0.490 e. The van der Waals surface area contributed by atoms with Crippen molar-refractivity contribution in [2.75, 3.05) is 24.0 Å². The van der Waals surface area contributed by atoms with Crippen LogP contribution in [0.15, 0.2) is 24.3 Å². The van der Waals surface area contributed by atoms with Gasteiger partial charge in [-0.25, -0.2) is 10.2 Å². The number of hydrogen-bond acceptors (Lipinski definition) is 4. The smallest absolute Gasteiger partial charge is 0.423 e. The summed E-state index contributed by atoms with van der Waals surface area (Å²) in [5, 5.41) is 8.46. The van der Waals surface area contributed by atoms with Crippen LogP contribution < -0.4 is 15.6 Å². The van der Waals surface area contributed by atoms with E-state index in [0.717, 1.165) is 5.75 Å². The minimum absolute atomic E-state index is 0.590. The molecule has 0 aromatic heterocycles. The fourth-order valence-electron chi connectivity index (χ4n) is 1.05. The molecule has 0 spiro atoms. The zero-order valence-electron chi connectivity index (χ0n) is 8.90. The van der Waals surface area contributed by atoms with Crippen molar-refractivity contribution in [3.63, 3.8) is 0 Å². The number of nitrogens with one attached hydrogen (secondary N) is 2. The molecule has 1 rings (SSSR count). The minimum Gasteiger partial charge on any atom is -0.490 e. The summed E-state index contributed by atoms with van der Waals surface area (Å²) in [4.78, 5) is 10.3. The van der Waals surface area contributed by atoms with Crippen LogP contribution in [0.1, 0.15) is 0 Å². The molecule has 0 fully saturated rings. The van der Waals surface area contributed by atoms with E-state index in [4.69, 9.17) is 9.84 Å². The van der Waals surface area contributed by atoms with Crippen LogP contribution in [0.4, 0.5) is 10.5 Å². The molecule has 0 aliphatic heterocycles. The molecular formula is C10H14N2O3S. The lowest BCUT2D eigenvalue weighted by atomic mass is 10.3. The first-order chi connectivity index (χ1) is 7.74. The zero-order chi connectivity index (χ0) is 11.8. The summed E-state index contributed by atoms with van der Waals surface area (Å²) < 4.78 is 5.49. The molecule has 3 N–H and O–H groups in total. The van der Waals surface area contributed by atoms with E-state index in [1.165, 1.54) is 0 Å². The number of anilines is 1. The van der Waals surface area contributed by atoms with E-state index in [9.17, 15) is 4.79 Å². The number of carbonyl (C=O) groups is 1. The number of para-hydroxylation sites is 2. The van der Waals surface area contributed by atoms with Gasteiger partial charge in [0.15, 0.2) is 0 Å². The Morgan fingerprint density at radius 2 is 2.25 bits per heavy atom. The normalized spacial score (nSPS) is 9.56. The standard InChI is InChI=1S/C10H14N2O3S/c1-16-7-6-15-9-5-3-2-4-8(9)11-12-10(13)14/h2-5,11-12H,6-7H2,1H3,(H,13,14). The maximum Gasteiger partial charge on any atom is 0.423 e. The second kappa shape index (κ2) is 6.84. The Kier molecular flexibility index (Phi) is 5.35. The molecule has 6 heteroatoms. The van der Waals surface area contributed by atoms with Gasteiger partial charge in [0.25, 0.3) is 0 Å². The molecular weight excluding hydrogens is 228 g/mol. The van der Waals surface area contributed by atoms with E-state index in [0.29, 0.717) is 18.0 Å². The number of hydrogen-bond donors (Lipinski definition) is 3. The minimum atomic E-state index is -1.14. The van der Waals surface area contributed by atoms with Crippen molar-refractivity contribution in [3.05, 3.63) is 24.3 Å². The first-order valence-electron chi connectivity index (χ1n) is 4.69. The number of carboxylic acid groups (broad SMARTS) is 1. The highest BCUT2D eigenvalue weighted by Gasteiger charge is 2.02. The second-order valence-corrected chi connectivity index (χ2v) is 3.88. The maximum absolute atomic E-state index is 10.3. The third-order valence-corrected chi connectivity index (χ3v) is 2.31. The van der Waals surface area contributed by atoms with Gasteiger partial charge in [-0.05, 0) is 18.4 Å². The molecule has 0 aliphatic rings. The fourth-order valence-corrected chi connectivity index (χ4v) is 1.30. The van der Waals surface area contributed by atoms with Gasteiger partial charge in [0.2, 0.25) is 0 Å². The van der Waals surface area contributed by atoms with Gasteiger partial charge in [0, 0.05) is 5.75 Å². The van der Waals surface area contributed by atoms with Gasteiger partial charge < -0.3 is 9.84 Å². The summed E-state index contributed by atoms with van der Waals surface area (Å²) >= 11 is 1.69. The maximum atomic E-state index is 10.3. The first kappa shape index (κ1) is 12.5. The summed E-state index contributed by atoms with van der Waals surface area (Å²) in [5.74, 6) is 1.52. The van der Waals surface area contributed by atoms with Gasteiger partial charge in [0.05, 0.1) is 12.3 Å². The van der Waals surface area contributed by atoms with Crippen molar-refractivity contribution in [2.45, 2.75) is 0 Å². The Bertz CT molecular complexity index is 347. The lowest BCUT2D eigenvalue weighted by Crippen LogP contribution is -2.27. The molecule has 1 aromatic rings. The highest BCUT2D eigenvalue weighted by Crippen LogP contribution is 2.22. The molecule has 0 unspecified atom stereocenters. The Labute approximate surface area is 98.2 Å². The molecule has 0 radical (unpaired) electrons. The molecule has 0 saturated carbocycles. The number of benzene rings is 1. The quantitative estimate of drug-likeness (QED) is 0.526. The number of hydrazine groups is 1. The summed E-state index contributed by atoms with van der Waals surface area (Å²) in [7, 11) is 0. The number of ether oxygens (including phenoxy) is 1. The molecule has 88 valence electrons. The molecule has 1 amide bonds. The predicted octanol–water partition coefficient (Wildman–Crippen LogP) is 2.02. The molecule has 0 saturated heterocycles. The fraction of sp³-hybridized carbons (Fsp3) is 0.300. The number of rotatable bonds is 6. The van der Waals surface area contributed by atoms with E-state index in [2.05, 4.69) is 10.9 Å². The van der Waals surface area contributed by atoms with Crippen LogP contribution in [0.5, 0.6) is 5.75 Å². The Morgan fingerprint density at radius 1 is 1.50 bits per heavy atom. The lowest BCUT2D eigenvalue weighted by molar-refractivity contribution is 0.197. The van der Waals surface area contributed by atoms with Crippen LogP contribution >= 0.6 is 11.8 Å². The van der Waals surface area contributed by atoms with Gasteiger partial charge in [-0.2, -0.15) is 11.8 Å². The van der Waals surface area contributed by atoms with Gasteiger partial charge in [-0.15, -0.1) is 0 Å². The summed E-state index contributed by atoms with van der Waals surface area (Å²) in [6, 6.07) is 7.16. The monoisotopic (exact) mass is 242 g/mol. The molecule has 0 aliphatic carbocycles. The first-order valence-corrected chi connectivity index (χ1v) is 6.09. The summed E-state index contributed by atoms with van der Waals surface area (Å²) in [6.45, 7) is 0.590. The average molecular weight is 242 g/mol. The van der Waals surface area contributed by atoms with E-state index < -0.39 is 6.09 Å². The second-order valence-electron chi connectivity index (χ2n) is 2.89. The van der Waals surface area contributed by atoms with Crippen molar-refractivity contribution < 1.29 is 14.6 Å². The molecule has 0 atom stereocenters. The number of thioether (sulfide) groups is 1. The van der Waals surface area contributed by atoms with Gasteiger partial charge in [-0.1, -0.05) is 12.1 Å². The molecule has 1 aromatic carbocycles. The summed E-state index contributed by atoms with van der Waals surface area (Å²) in [5.41, 5.74) is 5.24. The zero-order valence-corrected chi connectivity index (χ0v) is 9.71. The predicted molar refractivity (Wildman–Crippen MR) is 65.1 cm³/mol.